The highest BCUT2D eigenvalue weighted by Gasteiger charge is 2.06. The van der Waals surface area contributed by atoms with Crippen LogP contribution in [0.5, 0.6) is 0 Å². The Labute approximate surface area is 92.6 Å². The lowest BCUT2D eigenvalue weighted by atomic mass is 10.1. The average molecular weight is 216 g/mol. The van der Waals surface area contributed by atoms with Crippen LogP contribution in [-0.4, -0.2) is 21.0 Å². The fourth-order valence-corrected chi connectivity index (χ4v) is 1.50. The van der Waals surface area contributed by atoms with E-state index in [2.05, 4.69) is 16.5 Å². The lowest BCUT2D eigenvalue weighted by Gasteiger charge is -1.96. The van der Waals surface area contributed by atoms with E-state index in [1.54, 1.807) is 0 Å². The van der Waals surface area contributed by atoms with Crippen molar-refractivity contribution >= 4 is 17.0 Å². The van der Waals surface area contributed by atoms with Crippen LogP contribution in [0.25, 0.3) is 11.0 Å². The minimum absolute atomic E-state index is 0.209. The van der Waals surface area contributed by atoms with E-state index in [9.17, 15) is 4.79 Å². The van der Waals surface area contributed by atoms with E-state index in [1.165, 1.54) is 0 Å². The van der Waals surface area contributed by atoms with Crippen LogP contribution >= 0.6 is 0 Å². The van der Waals surface area contributed by atoms with E-state index >= 15 is 0 Å². The smallest absolute Gasteiger partial charge is 0.330 e. The Morgan fingerprint density at radius 3 is 2.88 bits per heavy atom. The number of hydrogen-bond acceptors (Lipinski definition) is 2. The number of aliphatic carboxylic acids is 1. The highest BCUT2D eigenvalue weighted by atomic mass is 16.4. The molecule has 0 aliphatic rings. The molecule has 0 aliphatic carbocycles. The first kappa shape index (κ1) is 10.4. The molecule has 1 heterocycles. The molecule has 0 amide bonds. The summed E-state index contributed by atoms with van der Waals surface area (Å²) in [5.74, 6) is -0.153. The van der Waals surface area contributed by atoms with Crippen LogP contribution in [0.15, 0.2) is 36.4 Å². The summed E-state index contributed by atoms with van der Waals surface area (Å²) < 4.78 is 0. The number of rotatable bonds is 4. The highest BCUT2D eigenvalue weighted by molar-refractivity contribution is 5.85. The maximum absolute atomic E-state index is 10.6. The second-order valence-corrected chi connectivity index (χ2v) is 3.61. The van der Waals surface area contributed by atoms with Crippen molar-refractivity contribution in [1.82, 2.24) is 9.97 Å². The molecular formula is C12H12N2O2. The second-order valence-electron chi connectivity index (χ2n) is 3.61. The Morgan fingerprint density at radius 1 is 1.44 bits per heavy atom. The molecule has 2 aromatic rings. The first-order chi connectivity index (χ1) is 7.66. The molecule has 0 saturated carbocycles. The Balaban J connectivity index is 2.10. The van der Waals surface area contributed by atoms with E-state index in [0.29, 0.717) is 12.8 Å². The standard InChI is InChI=1S/C12H12N2O2/c1-8(12(15)16)6-7-11-13-9-4-2-3-5-10(9)14-11/h2-5H,1,6-7H2,(H,13,14)(H,15,16). The van der Waals surface area contributed by atoms with Gasteiger partial charge in [-0.15, -0.1) is 0 Å². The molecule has 0 bridgehead atoms. The minimum atomic E-state index is -0.948. The molecular weight excluding hydrogens is 204 g/mol. The van der Waals surface area contributed by atoms with Gasteiger partial charge >= 0.3 is 5.97 Å². The number of benzene rings is 1. The van der Waals surface area contributed by atoms with Gasteiger partial charge in [-0.1, -0.05) is 18.7 Å². The molecule has 2 rings (SSSR count). The van der Waals surface area contributed by atoms with Gasteiger partial charge in [-0.2, -0.15) is 0 Å². The SMILES string of the molecule is C=C(CCc1nc2ccccc2[nH]1)C(=O)O. The normalized spacial score (nSPS) is 10.5. The van der Waals surface area contributed by atoms with Crippen molar-refractivity contribution in [2.45, 2.75) is 12.8 Å². The van der Waals surface area contributed by atoms with Crippen LogP contribution < -0.4 is 0 Å². The Kier molecular flexibility index (Phi) is 2.72. The number of carbonyl (C=O) groups is 1. The van der Waals surface area contributed by atoms with Crippen molar-refractivity contribution in [1.29, 1.82) is 0 Å². The number of carboxylic acid groups (broad SMARTS) is 1. The molecule has 1 aromatic carbocycles. The Hall–Kier alpha value is -2.10. The topological polar surface area (TPSA) is 66.0 Å². The van der Waals surface area contributed by atoms with Gasteiger partial charge in [-0.3, -0.25) is 0 Å². The second kappa shape index (κ2) is 4.18. The van der Waals surface area contributed by atoms with Crippen LogP contribution in [-0.2, 0) is 11.2 Å². The Morgan fingerprint density at radius 2 is 2.19 bits per heavy atom. The minimum Gasteiger partial charge on any atom is -0.478 e. The summed E-state index contributed by atoms with van der Waals surface area (Å²) >= 11 is 0. The van der Waals surface area contributed by atoms with Crippen molar-refractivity contribution in [3.05, 3.63) is 42.2 Å². The maximum Gasteiger partial charge on any atom is 0.330 e. The molecule has 0 atom stereocenters. The summed E-state index contributed by atoms with van der Waals surface area (Å²) in [7, 11) is 0. The van der Waals surface area contributed by atoms with Gasteiger partial charge in [0, 0.05) is 12.0 Å². The van der Waals surface area contributed by atoms with Crippen molar-refractivity contribution in [3.63, 3.8) is 0 Å². The first-order valence-corrected chi connectivity index (χ1v) is 5.01. The third-order valence-electron chi connectivity index (χ3n) is 2.40. The number of para-hydroxylation sites is 2. The fourth-order valence-electron chi connectivity index (χ4n) is 1.50. The number of carboxylic acids is 1. The zero-order valence-corrected chi connectivity index (χ0v) is 8.73. The quantitative estimate of drug-likeness (QED) is 0.769. The van der Waals surface area contributed by atoms with Gasteiger partial charge in [0.15, 0.2) is 0 Å². The molecule has 82 valence electrons. The number of aryl methyl sites for hydroxylation is 1. The third-order valence-corrected chi connectivity index (χ3v) is 2.40. The average Bonchev–Trinajstić information content (AvgIpc) is 2.68. The van der Waals surface area contributed by atoms with Gasteiger partial charge < -0.3 is 10.1 Å². The maximum atomic E-state index is 10.6. The van der Waals surface area contributed by atoms with Crippen molar-refractivity contribution in [3.8, 4) is 0 Å². The summed E-state index contributed by atoms with van der Waals surface area (Å²) in [5.41, 5.74) is 2.08. The predicted molar refractivity (Wildman–Crippen MR) is 61.2 cm³/mol. The zero-order valence-electron chi connectivity index (χ0n) is 8.73. The fraction of sp³-hybridized carbons (Fsp3) is 0.167. The summed E-state index contributed by atoms with van der Waals surface area (Å²) in [6.07, 6.45) is 0.981. The number of aromatic nitrogens is 2. The molecule has 0 radical (unpaired) electrons. The molecule has 0 unspecified atom stereocenters. The van der Waals surface area contributed by atoms with Gasteiger partial charge in [0.2, 0.25) is 0 Å². The first-order valence-electron chi connectivity index (χ1n) is 5.01. The van der Waals surface area contributed by atoms with Crippen LogP contribution in [0.2, 0.25) is 0 Å². The summed E-state index contributed by atoms with van der Waals surface area (Å²) in [4.78, 5) is 18.1. The van der Waals surface area contributed by atoms with Crippen LogP contribution in [0.3, 0.4) is 0 Å². The summed E-state index contributed by atoms with van der Waals surface area (Å²) in [6, 6.07) is 7.71. The monoisotopic (exact) mass is 216 g/mol. The number of fused-ring (bicyclic) bond motifs is 1. The van der Waals surface area contributed by atoms with Gasteiger partial charge in [0.05, 0.1) is 11.0 Å². The number of nitrogens with one attached hydrogen (secondary N) is 1. The van der Waals surface area contributed by atoms with Crippen molar-refractivity contribution < 1.29 is 9.90 Å². The van der Waals surface area contributed by atoms with Gasteiger partial charge in [0.25, 0.3) is 0 Å². The van der Waals surface area contributed by atoms with E-state index in [-0.39, 0.29) is 5.57 Å². The zero-order chi connectivity index (χ0) is 11.5. The number of imidazole rings is 1. The largest absolute Gasteiger partial charge is 0.478 e. The summed E-state index contributed by atoms with van der Waals surface area (Å²) in [5, 5.41) is 8.67. The van der Waals surface area contributed by atoms with E-state index in [0.717, 1.165) is 16.9 Å². The molecule has 0 saturated heterocycles. The van der Waals surface area contributed by atoms with Gasteiger partial charge in [-0.25, -0.2) is 9.78 Å². The number of aromatic amines is 1. The van der Waals surface area contributed by atoms with Crippen LogP contribution in [0.4, 0.5) is 0 Å². The third kappa shape index (κ3) is 2.11. The lowest BCUT2D eigenvalue weighted by molar-refractivity contribution is -0.132. The molecule has 16 heavy (non-hydrogen) atoms. The molecule has 4 nitrogen and oxygen atoms in total. The van der Waals surface area contributed by atoms with Crippen molar-refractivity contribution in [2.24, 2.45) is 0 Å². The molecule has 0 spiro atoms. The molecule has 4 heteroatoms. The highest BCUT2D eigenvalue weighted by Crippen LogP contribution is 2.12. The van der Waals surface area contributed by atoms with E-state index < -0.39 is 5.97 Å². The number of hydrogen-bond donors (Lipinski definition) is 2. The van der Waals surface area contributed by atoms with Crippen LogP contribution in [0.1, 0.15) is 12.2 Å². The molecule has 0 fully saturated rings. The molecule has 0 aliphatic heterocycles. The van der Waals surface area contributed by atoms with E-state index in [4.69, 9.17) is 5.11 Å². The van der Waals surface area contributed by atoms with Crippen molar-refractivity contribution in [2.75, 3.05) is 0 Å². The molecule has 1 aromatic heterocycles. The number of nitrogens with zero attached hydrogens (tertiary/aromatic N) is 1. The number of H-pyrrole nitrogens is 1. The van der Waals surface area contributed by atoms with E-state index in [1.807, 2.05) is 24.3 Å². The Bertz CT molecular complexity index is 510. The summed E-state index contributed by atoms with van der Waals surface area (Å²) in [6.45, 7) is 3.48. The predicted octanol–water partition coefficient (Wildman–Crippen LogP) is 2.14. The molecule has 2 N–H and O–H groups in total. The van der Waals surface area contributed by atoms with Gasteiger partial charge in [-0.05, 0) is 18.6 Å². The van der Waals surface area contributed by atoms with Crippen LogP contribution in [0, 0.1) is 0 Å². The lowest BCUT2D eigenvalue weighted by Crippen LogP contribution is -2.01. The van der Waals surface area contributed by atoms with Gasteiger partial charge in [0.1, 0.15) is 5.82 Å².